The van der Waals surface area contributed by atoms with Crippen molar-refractivity contribution in [2.45, 2.75) is 12.5 Å². The fourth-order valence-electron chi connectivity index (χ4n) is 1.57. The number of hydrogen-bond acceptors (Lipinski definition) is 4. The predicted molar refractivity (Wildman–Crippen MR) is 54.7 cm³/mol. The number of halogens is 1. The summed E-state index contributed by atoms with van der Waals surface area (Å²) >= 11 is 5.83. The molecule has 5 nitrogen and oxygen atoms in total. The van der Waals surface area contributed by atoms with Gasteiger partial charge in [-0.25, -0.2) is 4.98 Å². The molecule has 14 heavy (non-hydrogen) atoms. The lowest BCUT2D eigenvalue weighted by molar-refractivity contribution is 0.751. The molecular formula is C8H11ClN4O. The first-order chi connectivity index (χ1) is 6.68. The summed E-state index contributed by atoms with van der Waals surface area (Å²) in [5, 5.41) is 0.140. The van der Waals surface area contributed by atoms with E-state index in [-0.39, 0.29) is 16.6 Å². The van der Waals surface area contributed by atoms with Crippen molar-refractivity contribution in [3.05, 3.63) is 21.7 Å². The number of aromatic amines is 1. The zero-order valence-corrected chi connectivity index (χ0v) is 8.29. The van der Waals surface area contributed by atoms with Crippen LogP contribution in [0.4, 0.5) is 5.82 Å². The number of H-pyrrole nitrogens is 1. The summed E-state index contributed by atoms with van der Waals surface area (Å²) in [6.45, 7) is 1.51. The van der Waals surface area contributed by atoms with Crippen LogP contribution in [-0.2, 0) is 0 Å². The zero-order chi connectivity index (χ0) is 10.1. The fourth-order valence-corrected chi connectivity index (χ4v) is 1.80. The summed E-state index contributed by atoms with van der Waals surface area (Å²) in [5.74, 6) is 0.531. The van der Waals surface area contributed by atoms with Gasteiger partial charge in [-0.2, -0.15) is 0 Å². The van der Waals surface area contributed by atoms with E-state index in [1.165, 1.54) is 6.33 Å². The SMILES string of the molecule is NC1CCN(c2nc[nH]c(=O)c2Cl)C1. The second-order valence-corrected chi connectivity index (χ2v) is 3.74. The molecule has 0 spiro atoms. The van der Waals surface area contributed by atoms with Gasteiger partial charge in [-0.15, -0.1) is 0 Å². The Labute approximate surface area is 85.9 Å². The second-order valence-electron chi connectivity index (χ2n) is 3.36. The molecule has 1 unspecified atom stereocenters. The van der Waals surface area contributed by atoms with Crippen LogP contribution >= 0.6 is 11.6 Å². The van der Waals surface area contributed by atoms with E-state index in [0.717, 1.165) is 13.0 Å². The first kappa shape index (κ1) is 9.48. The third kappa shape index (κ3) is 1.60. The summed E-state index contributed by atoms with van der Waals surface area (Å²) in [5.41, 5.74) is 5.44. The molecule has 0 radical (unpaired) electrons. The largest absolute Gasteiger partial charge is 0.354 e. The Morgan fingerprint density at radius 3 is 3.14 bits per heavy atom. The molecular weight excluding hydrogens is 204 g/mol. The monoisotopic (exact) mass is 214 g/mol. The lowest BCUT2D eigenvalue weighted by Gasteiger charge is -2.16. The van der Waals surface area contributed by atoms with Gasteiger partial charge in [0.05, 0.1) is 6.33 Å². The van der Waals surface area contributed by atoms with E-state index in [9.17, 15) is 4.79 Å². The molecule has 1 aliphatic heterocycles. The van der Waals surface area contributed by atoms with Gasteiger partial charge in [-0.05, 0) is 6.42 Å². The maximum atomic E-state index is 11.2. The topological polar surface area (TPSA) is 75.0 Å². The van der Waals surface area contributed by atoms with Crippen molar-refractivity contribution in [2.75, 3.05) is 18.0 Å². The van der Waals surface area contributed by atoms with Crippen molar-refractivity contribution in [3.8, 4) is 0 Å². The van der Waals surface area contributed by atoms with Crippen LogP contribution in [0.15, 0.2) is 11.1 Å². The highest BCUT2D eigenvalue weighted by Gasteiger charge is 2.22. The Balaban J connectivity index is 2.33. The van der Waals surface area contributed by atoms with Gasteiger partial charge in [-0.3, -0.25) is 4.79 Å². The van der Waals surface area contributed by atoms with E-state index in [1.807, 2.05) is 4.90 Å². The molecule has 0 aliphatic carbocycles. The molecule has 0 saturated carbocycles. The number of nitrogens with zero attached hydrogens (tertiary/aromatic N) is 2. The van der Waals surface area contributed by atoms with Crippen LogP contribution in [0.1, 0.15) is 6.42 Å². The van der Waals surface area contributed by atoms with Gasteiger partial charge < -0.3 is 15.6 Å². The Bertz CT molecular complexity index is 391. The van der Waals surface area contributed by atoms with E-state index in [0.29, 0.717) is 12.4 Å². The molecule has 0 aromatic carbocycles. The Morgan fingerprint density at radius 2 is 2.50 bits per heavy atom. The van der Waals surface area contributed by atoms with Gasteiger partial charge in [-0.1, -0.05) is 11.6 Å². The number of nitrogens with one attached hydrogen (secondary N) is 1. The van der Waals surface area contributed by atoms with Crippen molar-refractivity contribution >= 4 is 17.4 Å². The molecule has 2 heterocycles. The third-order valence-corrected chi connectivity index (χ3v) is 2.64. The lowest BCUT2D eigenvalue weighted by Crippen LogP contribution is -2.28. The molecule has 1 aliphatic rings. The van der Waals surface area contributed by atoms with E-state index in [2.05, 4.69) is 9.97 Å². The van der Waals surface area contributed by atoms with E-state index in [4.69, 9.17) is 17.3 Å². The molecule has 0 amide bonds. The molecule has 6 heteroatoms. The highest BCUT2D eigenvalue weighted by Crippen LogP contribution is 2.21. The zero-order valence-electron chi connectivity index (χ0n) is 7.53. The van der Waals surface area contributed by atoms with E-state index >= 15 is 0 Å². The predicted octanol–water partition coefficient (Wildman–Crippen LogP) is -0.0393. The number of nitrogens with two attached hydrogens (primary N) is 1. The van der Waals surface area contributed by atoms with Crippen LogP contribution in [0.2, 0.25) is 5.02 Å². The molecule has 2 rings (SSSR count). The van der Waals surface area contributed by atoms with Crippen LogP contribution in [-0.4, -0.2) is 29.1 Å². The molecule has 0 bridgehead atoms. The van der Waals surface area contributed by atoms with E-state index in [1.54, 1.807) is 0 Å². The standard InChI is InChI=1S/C8H11ClN4O/c9-6-7(11-4-12-8(6)14)13-2-1-5(10)3-13/h4-5H,1-3,10H2,(H,11,12,14). The van der Waals surface area contributed by atoms with Gasteiger partial charge in [0.25, 0.3) is 5.56 Å². The maximum absolute atomic E-state index is 11.2. The van der Waals surface area contributed by atoms with Crippen molar-refractivity contribution in [2.24, 2.45) is 5.73 Å². The van der Waals surface area contributed by atoms with Crippen molar-refractivity contribution in [1.29, 1.82) is 0 Å². The minimum absolute atomic E-state index is 0.140. The summed E-state index contributed by atoms with van der Waals surface area (Å²) in [4.78, 5) is 19.6. The van der Waals surface area contributed by atoms with E-state index < -0.39 is 0 Å². The van der Waals surface area contributed by atoms with Gasteiger partial charge >= 0.3 is 0 Å². The highest BCUT2D eigenvalue weighted by atomic mass is 35.5. The summed E-state index contributed by atoms with van der Waals surface area (Å²) in [7, 11) is 0. The smallest absolute Gasteiger partial charge is 0.271 e. The molecule has 1 atom stereocenters. The average Bonchev–Trinajstić information content (AvgIpc) is 2.57. The number of anilines is 1. The van der Waals surface area contributed by atoms with Gasteiger partial charge in [0, 0.05) is 19.1 Å². The Morgan fingerprint density at radius 1 is 1.71 bits per heavy atom. The molecule has 3 N–H and O–H groups in total. The summed E-state index contributed by atoms with van der Waals surface area (Å²) in [6.07, 6.45) is 2.26. The fraction of sp³-hybridized carbons (Fsp3) is 0.500. The quantitative estimate of drug-likeness (QED) is 0.688. The van der Waals surface area contributed by atoms with Crippen molar-refractivity contribution in [3.63, 3.8) is 0 Å². The Hall–Kier alpha value is -1.07. The molecule has 1 fully saturated rings. The number of rotatable bonds is 1. The minimum Gasteiger partial charge on any atom is -0.354 e. The number of hydrogen-bond donors (Lipinski definition) is 2. The van der Waals surface area contributed by atoms with Crippen LogP contribution in [0.5, 0.6) is 0 Å². The van der Waals surface area contributed by atoms with Gasteiger partial charge in [0.1, 0.15) is 5.02 Å². The molecule has 1 saturated heterocycles. The Kier molecular flexibility index (Phi) is 2.43. The molecule has 76 valence electrons. The average molecular weight is 215 g/mol. The van der Waals surface area contributed by atoms with Crippen LogP contribution < -0.4 is 16.2 Å². The maximum Gasteiger partial charge on any atom is 0.271 e. The summed E-state index contributed by atoms with van der Waals surface area (Å²) in [6, 6.07) is 0.146. The molecule has 1 aromatic heterocycles. The molecule has 1 aromatic rings. The first-order valence-electron chi connectivity index (χ1n) is 4.42. The van der Waals surface area contributed by atoms with Crippen LogP contribution in [0, 0.1) is 0 Å². The van der Waals surface area contributed by atoms with Gasteiger partial charge in [0.2, 0.25) is 0 Å². The first-order valence-corrected chi connectivity index (χ1v) is 4.80. The summed E-state index contributed by atoms with van der Waals surface area (Å²) < 4.78 is 0. The normalized spacial score (nSPS) is 21.6. The van der Waals surface area contributed by atoms with Crippen LogP contribution in [0.25, 0.3) is 0 Å². The van der Waals surface area contributed by atoms with Crippen molar-refractivity contribution in [1.82, 2.24) is 9.97 Å². The minimum atomic E-state index is -0.308. The van der Waals surface area contributed by atoms with Crippen molar-refractivity contribution < 1.29 is 0 Å². The highest BCUT2D eigenvalue weighted by molar-refractivity contribution is 6.32. The third-order valence-electron chi connectivity index (χ3n) is 2.30. The second kappa shape index (κ2) is 3.59. The lowest BCUT2D eigenvalue weighted by atomic mass is 10.3. The van der Waals surface area contributed by atoms with Crippen LogP contribution in [0.3, 0.4) is 0 Å². The van der Waals surface area contributed by atoms with Gasteiger partial charge in [0.15, 0.2) is 5.82 Å². The number of aromatic nitrogens is 2.